The third-order valence-electron chi connectivity index (χ3n) is 3.51. The minimum atomic E-state index is -0.417. The van der Waals surface area contributed by atoms with Gasteiger partial charge in [0.25, 0.3) is 0 Å². The van der Waals surface area contributed by atoms with Gasteiger partial charge in [-0.05, 0) is 31.0 Å². The zero-order valence-corrected chi connectivity index (χ0v) is 13.0. The van der Waals surface area contributed by atoms with Crippen LogP contribution in [0.5, 0.6) is 0 Å². The van der Waals surface area contributed by atoms with Crippen molar-refractivity contribution < 1.29 is 14.3 Å². The predicted molar refractivity (Wildman–Crippen MR) is 81.8 cm³/mol. The van der Waals surface area contributed by atoms with Crippen LogP contribution in [-0.2, 0) is 9.53 Å². The molecule has 0 bridgehead atoms. The Bertz CT molecular complexity index is 551. The van der Waals surface area contributed by atoms with Gasteiger partial charge in [-0.25, -0.2) is 4.79 Å². The van der Waals surface area contributed by atoms with E-state index in [0.717, 1.165) is 19.3 Å². The molecule has 1 aromatic rings. The maximum atomic E-state index is 12.0. The predicted octanol–water partition coefficient (Wildman–Crippen LogP) is 3.46. The molecule has 0 spiro atoms. The quantitative estimate of drug-likeness (QED) is 0.834. The van der Waals surface area contributed by atoms with Gasteiger partial charge in [-0.15, -0.1) is 0 Å². The molecule has 2 amide bonds. The summed E-state index contributed by atoms with van der Waals surface area (Å²) < 4.78 is 4.75. The van der Waals surface area contributed by atoms with Crippen LogP contribution in [0.25, 0.3) is 0 Å². The van der Waals surface area contributed by atoms with Crippen molar-refractivity contribution in [2.24, 2.45) is 5.92 Å². The van der Waals surface area contributed by atoms with Gasteiger partial charge in [0.2, 0.25) is 0 Å². The van der Waals surface area contributed by atoms with Crippen LogP contribution in [0.4, 0.5) is 10.5 Å². The molecule has 1 aliphatic carbocycles. The first kappa shape index (κ1) is 15.9. The van der Waals surface area contributed by atoms with Gasteiger partial charge < -0.3 is 15.4 Å². The number of esters is 1. The Labute approximate surface area is 132 Å². The van der Waals surface area contributed by atoms with Crippen LogP contribution in [0, 0.1) is 5.92 Å². The average molecular weight is 331 g/mol. The highest BCUT2D eigenvalue weighted by molar-refractivity contribution is 6.35. The molecular formula is C14H16Cl2N2O3. The first-order valence-electron chi connectivity index (χ1n) is 6.61. The molecule has 5 nitrogen and oxygen atoms in total. The number of halogens is 2. The van der Waals surface area contributed by atoms with Crippen LogP contribution in [-0.4, -0.2) is 25.2 Å². The number of carbonyl (C=O) groups excluding carboxylic acids is 2. The van der Waals surface area contributed by atoms with Crippen LogP contribution in [0.15, 0.2) is 18.2 Å². The van der Waals surface area contributed by atoms with E-state index in [-0.39, 0.29) is 17.9 Å². The molecule has 1 aromatic carbocycles. The number of carbonyl (C=O) groups is 2. The number of hydrogen-bond acceptors (Lipinski definition) is 3. The summed E-state index contributed by atoms with van der Waals surface area (Å²) in [7, 11) is 1.35. The van der Waals surface area contributed by atoms with E-state index in [9.17, 15) is 9.59 Å². The van der Waals surface area contributed by atoms with E-state index in [1.165, 1.54) is 7.11 Å². The van der Waals surface area contributed by atoms with Crippen LogP contribution >= 0.6 is 23.2 Å². The van der Waals surface area contributed by atoms with Crippen molar-refractivity contribution in [1.29, 1.82) is 0 Å². The summed E-state index contributed by atoms with van der Waals surface area (Å²) in [6.45, 7) is 0. The van der Waals surface area contributed by atoms with E-state index in [4.69, 9.17) is 27.9 Å². The molecule has 114 valence electrons. The lowest BCUT2D eigenvalue weighted by Gasteiger charge is -2.19. The van der Waals surface area contributed by atoms with Crippen molar-refractivity contribution in [2.45, 2.75) is 25.3 Å². The monoisotopic (exact) mass is 330 g/mol. The van der Waals surface area contributed by atoms with Gasteiger partial charge in [0.15, 0.2) is 0 Å². The molecule has 0 radical (unpaired) electrons. The van der Waals surface area contributed by atoms with Crippen LogP contribution in [0.1, 0.15) is 19.3 Å². The number of nitrogens with one attached hydrogen (secondary N) is 2. The molecule has 1 fully saturated rings. The number of methoxy groups -OCH3 is 1. The highest BCUT2D eigenvalue weighted by atomic mass is 35.5. The lowest BCUT2D eigenvalue weighted by atomic mass is 10.0. The number of ether oxygens (including phenoxy) is 1. The highest BCUT2D eigenvalue weighted by Crippen LogP contribution is 2.28. The summed E-state index contributed by atoms with van der Waals surface area (Å²) in [5, 5.41) is 6.29. The molecule has 0 unspecified atom stereocenters. The number of urea groups is 1. The van der Waals surface area contributed by atoms with Crippen molar-refractivity contribution >= 4 is 40.9 Å². The summed E-state index contributed by atoms with van der Waals surface area (Å²) in [5.74, 6) is -0.589. The van der Waals surface area contributed by atoms with Gasteiger partial charge in [-0.1, -0.05) is 29.6 Å². The number of benzene rings is 1. The van der Waals surface area contributed by atoms with E-state index in [1.807, 2.05) is 0 Å². The Balaban J connectivity index is 1.98. The lowest BCUT2D eigenvalue weighted by molar-refractivity contribution is -0.145. The standard InChI is InChI=1S/C14H16Cl2N2O3/c1-21-13(19)9-3-2-4-11(9)17-14(20)18-12-7-8(15)5-6-10(12)16/h5-7,9,11H,2-4H2,1H3,(H2,17,18,20)/t9-,11+/m0/s1. The second-order valence-corrected chi connectivity index (χ2v) is 5.73. The van der Waals surface area contributed by atoms with Crippen molar-refractivity contribution in [3.8, 4) is 0 Å². The molecule has 0 aliphatic heterocycles. The van der Waals surface area contributed by atoms with Crippen LogP contribution < -0.4 is 10.6 Å². The van der Waals surface area contributed by atoms with Crippen LogP contribution in [0.3, 0.4) is 0 Å². The number of hydrogen-bond donors (Lipinski definition) is 2. The first-order chi connectivity index (χ1) is 10.0. The fourth-order valence-corrected chi connectivity index (χ4v) is 2.82. The molecule has 1 saturated carbocycles. The second-order valence-electron chi connectivity index (χ2n) is 4.89. The third-order valence-corrected chi connectivity index (χ3v) is 4.08. The molecule has 0 saturated heterocycles. The van der Waals surface area contributed by atoms with Gasteiger partial charge in [0, 0.05) is 11.1 Å². The highest BCUT2D eigenvalue weighted by Gasteiger charge is 2.34. The average Bonchev–Trinajstić information content (AvgIpc) is 2.90. The van der Waals surface area contributed by atoms with E-state index < -0.39 is 6.03 Å². The summed E-state index contributed by atoms with van der Waals surface area (Å²) >= 11 is 11.8. The number of amides is 2. The van der Waals surface area contributed by atoms with E-state index >= 15 is 0 Å². The normalized spacial score (nSPS) is 20.9. The topological polar surface area (TPSA) is 67.4 Å². The molecular weight excluding hydrogens is 315 g/mol. The maximum Gasteiger partial charge on any atom is 0.319 e. The Hall–Kier alpha value is -1.46. The SMILES string of the molecule is COC(=O)[C@H]1CCC[C@H]1NC(=O)Nc1cc(Cl)ccc1Cl. The molecule has 0 heterocycles. The fraction of sp³-hybridized carbons (Fsp3) is 0.429. The van der Waals surface area contributed by atoms with Crippen molar-refractivity contribution in [3.05, 3.63) is 28.2 Å². The second kappa shape index (κ2) is 7.00. The van der Waals surface area contributed by atoms with Crippen molar-refractivity contribution in [3.63, 3.8) is 0 Å². The Morgan fingerprint density at radius 3 is 2.76 bits per heavy atom. The Morgan fingerprint density at radius 1 is 1.29 bits per heavy atom. The van der Waals surface area contributed by atoms with Gasteiger partial charge in [-0.3, -0.25) is 4.79 Å². The maximum absolute atomic E-state index is 12.0. The zero-order valence-electron chi connectivity index (χ0n) is 11.5. The molecule has 0 aromatic heterocycles. The molecule has 21 heavy (non-hydrogen) atoms. The number of rotatable bonds is 3. The smallest absolute Gasteiger partial charge is 0.319 e. The minimum absolute atomic E-state index is 0.226. The van der Waals surface area contributed by atoms with Crippen LogP contribution in [0.2, 0.25) is 10.0 Å². The van der Waals surface area contributed by atoms with E-state index in [1.54, 1.807) is 18.2 Å². The van der Waals surface area contributed by atoms with Gasteiger partial charge >= 0.3 is 12.0 Å². The Morgan fingerprint density at radius 2 is 2.05 bits per heavy atom. The lowest BCUT2D eigenvalue weighted by Crippen LogP contribution is -2.42. The molecule has 2 atom stereocenters. The first-order valence-corrected chi connectivity index (χ1v) is 7.37. The minimum Gasteiger partial charge on any atom is -0.469 e. The number of anilines is 1. The Kier molecular flexibility index (Phi) is 5.31. The zero-order chi connectivity index (χ0) is 15.4. The molecule has 2 N–H and O–H groups in total. The van der Waals surface area contributed by atoms with Crippen molar-refractivity contribution in [1.82, 2.24) is 5.32 Å². The van der Waals surface area contributed by atoms with Crippen molar-refractivity contribution in [2.75, 3.05) is 12.4 Å². The van der Waals surface area contributed by atoms with Gasteiger partial charge in [-0.2, -0.15) is 0 Å². The molecule has 2 rings (SSSR count). The molecule has 7 heteroatoms. The van der Waals surface area contributed by atoms with E-state index in [2.05, 4.69) is 10.6 Å². The summed E-state index contributed by atoms with van der Waals surface area (Å²) in [6.07, 6.45) is 2.34. The van der Waals surface area contributed by atoms with Gasteiger partial charge in [0.1, 0.15) is 0 Å². The summed E-state index contributed by atoms with van der Waals surface area (Å²) in [5.41, 5.74) is 0.425. The van der Waals surface area contributed by atoms with Gasteiger partial charge in [0.05, 0.1) is 23.7 Å². The summed E-state index contributed by atoms with van der Waals surface area (Å²) in [6, 6.07) is 4.16. The third kappa shape index (κ3) is 4.02. The fourth-order valence-electron chi connectivity index (χ4n) is 2.49. The van der Waals surface area contributed by atoms with E-state index in [0.29, 0.717) is 15.7 Å². The largest absolute Gasteiger partial charge is 0.469 e. The molecule has 1 aliphatic rings. The summed E-state index contributed by atoms with van der Waals surface area (Å²) in [4.78, 5) is 23.6.